The Morgan fingerprint density at radius 1 is 0.621 bits per heavy atom. The Kier molecular flexibility index (Phi) is 6.17. The molecule has 0 unspecified atom stereocenters. The van der Waals surface area contributed by atoms with Crippen molar-refractivity contribution in [3.63, 3.8) is 0 Å². The van der Waals surface area contributed by atoms with Gasteiger partial charge in [-0.25, -0.2) is 0 Å². The average molecular weight is 386 g/mol. The first-order valence-electron chi connectivity index (χ1n) is 10.8. The van der Waals surface area contributed by atoms with Gasteiger partial charge in [-0.05, 0) is 73.6 Å². The van der Waals surface area contributed by atoms with Crippen LogP contribution in [-0.2, 0) is 5.41 Å². The normalized spacial score (nSPS) is 12.1. The van der Waals surface area contributed by atoms with E-state index in [-0.39, 0.29) is 11.0 Å². The van der Waals surface area contributed by atoms with Crippen LogP contribution in [0.5, 0.6) is 0 Å². The van der Waals surface area contributed by atoms with E-state index in [0.717, 1.165) is 0 Å². The maximum absolute atomic E-state index is 2.40. The maximum Gasteiger partial charge on any atom is 0.0416 e. The molecule has 0 bridgehead atoms. The van der Waals surface area contributed by atoms with Crippen LogP contribution < -0.4 is 4.90 Å². The third-order valence-electron chi connectivity index (χ3n) is 5.69. The van der Waals surface area contributed by atoms with Crippen molar-refractivity contribution in [3.05, 3.63) is 84.4 Å². The molecular weight excluding hydrogens is 350 g/mol. The molecule has 0 aliphatic rings. The third-order valence-corrected chi connectivity index (χ3v) is 5.69. The summed E-state index contributed by atoms with van der Waals surface area (Å²) in [5.41, 5.74) is 6.62. The summed E-state index contributed by atoms with van der Waals surface area (Å²) >= 11 is 0. The minimum atomic E-state index is -0.00458. The first kappa shape index (κ1) is 21.2. The van der Waals surface area contributed by atoms with Crippen molar-refractivity contribution in [2.75, 3.05) is 4.90 Å². The Hall–Kier alpha value is -2.54. The third kappa shape index (κ3) is 4.90. The van der Waals surface area contributed by atoms with Crippen molar-refractivity contribution in [1.82, 2.24) is 0 Å². The lowest BCUT2D eigenvalue weighted by molar-refractivity contribution is 0.473. The van der Waals surface area contributed by atoms with E-state index in [1.165, 1.54) is 40.9 Å². The molecule has 3 rings (SSSR count). The fraction of sp³-hybridized carbons (Fsp3) is 0.357. The molecule has 29 heavy (non-hydrogen) atoms. The Balaban J connectivity index is 1.88. The van der Waals surface area contributed by atoms with E-state index in [1.807, 2.05) is 0 Å². The van der Waals surface area contributed by atoms with Crippen molar-refractivity contribution in [2.24, 2.45) is 0 Å². The number of hydrogen-bond donors (Lipinski definition) is 0. The molecule has 152 valence electrons. The van der Waals surface area contributed by atoms with Gasteiger partial charge in [-0.1, -0.05) is 81.8 Å². The molecule has 0 N–H and O–H groups in total. The van der Waals surface area contributed by atoms with Crippen molar-refractivity contribution in [3.8, 4) is 11.1 Å². The molecule has 0 aromatic heterocycles. The van der Waals surface area contributed by atoms with Gasteiger partial charge in [-0.15, -0.1) is 0 Å². The van der Waals surface area contributed by atoms with E-state index >= 15 is 0 Å². The number of nitrogens with zero attached hydrogens (tertiary/aromatic N) is 1. The SMILES string of the molecule is CCCC(C)(C)c1ccc(-c2ccc(N(c3ccccc3)C(C)(C)C)cc2)cc1. The van der Waals surface area contributed by atoms with E-state index in [1.54, 1.807) is 0 Å². The molecule has 0 amide bonds. The highest BCUT2D eigenvalue weighted by Crippen LogP contribution is 2.35. The summed E-state index contributed by atoms with van der Waals surface area (Å²) in [6.07, 6.45) is 2.42. The monoisotopic (exact) mass is 385 g/mol. The standard InChI is InChI=1S/C28H35N/c1-7-21-28(5,6)24-17-13-22(14-18-24)23-15-19-26(20-16-23)29(27(2,3)4)25-11-9-8-10-12-25/h8-20H,7,21H2,1-6H3. The predicted molar refractivity (Wildman–Crippen MR) is 128 cm³/mol. The van der Waals surface area contributed by atoms with E-state index in [2.05, 4.69) is 125 Å². The summed E-state index contributed by atoms with van der Waals surface area (Å²) in [6.45, 7) is 13.7. The molecule has 3 aromatic rings. The van der Waals surface area contributed by atoms with Crippen LogP contribution in [0.25, 0.3) is 11.1 Å². The number of benzene rings is 3. The highest BCUT2D eigenvalue weighted by atomic mass is 15.2. The van der Waals surface area contributed by atoms with Crippen LogP contribution in [0.1, 0.15) is 59.9 Å². The highest BCUT2D eigenvalue weighted by molar-refractivity contribution is 5.71. The molecular formula is C28H35N. The van der Waals surface area contributed by atoms with Gasteiger partial charge in [0.25, 0.3) is 0 Å². The van der Waals surface area contributed by atoms with Gasteiger partial charge in [0.1, 0.15) is 0 Å². The molecule has 0 aliphatic carbocycles. The molecule has 0 radical (unpaired) electrons. The van der Waals surface area contributed by atoms with Gasteiger partial charge in [0.05, 0.1) is 0 Å². The van der Waals surface area contributed by atoms with Gasteiger partial charge in [-0.3, -0.25) is 0 Å². The predicted octanol–water partition coefficient (Wildman–Crippen LogP) is 8.37. The zero-order valence-electron chi connectivity index (χ0n) is 18.9. The van der Waals surface area contributed by atoms with Gasteiger partial charge < -0.3 is 4.90 Å². The van der Waals surface area contributed by atoms with Crippen LogP contribution in [-0.4, -0.2) is 5.54 Å². The molecule has 0 spiro atoms. The minimum absolute atomic E-state index is 0.00458. The topological polar surface area (TPSA) is 3.24 Å². The zero-order chi connectivity index (χ0) is 21.1. The van der Waals surface area contributed by atoms with Crippen LogP contribution in [0.3, 0.4) is 0 Å². The molecule has 0 heterocycles. The molecule has 0 saturated carbocycles. The molecule has 0 aliphatic heterocycles. The fourth-order valence-corrected chi connectivity index (χ4v) is 4.19. The van der Waals surface area contributed by atoms with Crippen LogP contribution >= 0.6 is 0 Å². The van der Waals surface area contributed by atoms with Gasteiger partial charge in [0.2, 0.25) is 0 Å². The lowest BCUT2D eigenvalue weighted by atomic mass is 9.80. The highest BCUT2D eigenvalue weighted by Gasteiger charge is 2.23. The van der Waals surface area contributed by atoms with Crippen LogP contribution in [0, 0.1) is 0 Å². The molecule has 0 saturated heterocycles. The summed E-state index contributed by atoms with van der Waals surface area (Å²) in [6, 6.07) is 28.7. The summed E-state index contributed by atoms with van der Waals surface area (Å²) in [4.78, 5) is 2.40. The number of anilines is 2. The van der Waals surface area contributed by atoms with E-state index in [9.17, 15) is 0 Å². The Morgan fingerprint density at radius 2 is 1.10 bits per heavy atom. The van der Waals surface area contributed by atoms with E-state index in [0.29, 0.717) is 0 Å². The van der Waals surface area contributed by atoms with E-state index < -0.39 is 0 Å². The first-order valence-corrected chi connectivity index (χ1v) is 10.8. The molecule has 1 nitrogen and oxygen atoms in total. The molecule has 0 fully saturated rings. The van der Waals surface area contributed by atoms with Gasteiger partial charge >= 0.3 is 0 Å². The van der Waals surface area contributed by atoms with Crippen molar-refractivity contribution >= 4 is 11.4 Å². The van der Waals surface area contributed by atoms with Crippen LogP contribution in [0.4, 0.5) is 11.4 Å². The fourth-order valence-electron chi connectivity index (χ4n) is 4.19. The molecule has 1 heteroatoms. The van der Waals surface area contributed by atoms with Crippen LogP contribution in [0.2, 0.25) is 0 Å². The maximum atomic E-state index is 2.40. The van der Waals surface area contributed by atoms with Gasteiger partial charge in [-0.2, -0.15) is 0 Å². The van der Waals surface area contributed by atoms with Crippen molar-refractivity contribution < 1.29 is 0 Å². The summed E-state index contributed by atoms with van der Waals surface area (Å²) in [5, 5.41) is 0. The second-order valence-electron chi connectivity index (χ2n) is 9.60. The Bertz CT molecular complexity index is 897. The number of rotatable bonds is 6. The van der Waals surface area contributed by atoms with Crippen LogP contribution in [0.15, 0.2) is 78.9 Å². The Morgan fingerprint density at radius 3 is 1.59 bits per heavy atom. The van der Waals surface area contributed by atoms with Gasteiger partial charge in [0.15, 0.2) is 0 Å². The largest absolute Gasteiger partial charge is 0.336 e. The molecule has 3 aromatic carbocycles. The number of hydrogen-bond acceptors (Lipinski definition) is 1. The van der Waals surface area contributed by atoms with Crippen molar-refractivity contribution in [1.29, 1.82) is 0 Å². The second-order valence-corrected chi connectivity index (χ2v) is 9.60. The lowest BCUT2D eigenvalue weighted by Gasteiger charge is -2.38. The average Bonchev–Trinajstić information content (AvgIpc) is 2.69. The smallest absolute Gasteiger partial charge is 0.0416 e. The summed E-state index contributed by atoms with van der Waals surface area (Å²) in [7, 11) is 0. The zero-order valence-corrected chi connectivity index (χ0v) is 18.9. The lowest BCUT2D eigenvalue weighted by Crippen LogP contribution is -2.37. The minimum Gasteiger partial charge on any atom is -0.336 e. The summed E-state index contributed by atoms with van der Waals surface area (Å²) in [5.74, 6) is 0. The Labute approximate surface area is 177 Å². The van der Waals surface area contributed by atoms with Crippen molar-refractivity contribution in [2.45, 2.75) is 65.3 Å². The quantitative estimate of drug-likeness (QED) is 0.412. The first-order chi connectivity index (χ1) is 13.7. The van der Waals surface area contributed by atoms with Gasteiger partial charge in [0, 0.05) is 16.9 Å². The van der Waals surface area contributed by atoms with E-state index in [4.69, 9.17) is 0 Å². The second kappa shape index (κ2) is 8.45. The molecule has 0 atom stereocenters. The number of para-hydroxylation sites is 1. The summed E-state index contributed by atoms with van der Waals surface area (Å²) < 4.78 is 0.